The monoisotopic (exact) mass is 660 g/mol. The second-order valence-corrected chi connectivity index (χ2v) is 14.4. The van der Waals surface area contributed by atoms with Crippen molar-refractivity contribution in [2.75, 3.05) is 9.80 Å². The first-order chi connectivity index (χ1) is 24.8. The van der Waals surface area contributed by atoms with Crippen molar-refractivity contribution in [1.82, 2.24) is 0 Å². The Labute approximate surface area is 303 Å². The lowest BCUT2D eigenvalue weighted by molar-refractivity contribution is 0.655. The Morgan fingerprint density at radius 3 is 1.20 bits per heavy atom. The number of hydrogen-bond donors (Lipinski definition) is 0. The lowest BCUT2D eigenvalue weighted by Gasteiger charge is -2.29. The van der Waals surface area contributed by atoms with Crippen LogP contribution in [0.3, 0.4) is 0 Å². The molecular weight excluding hydrogens is 617 g/mol. The average molecular weight is 661 g/mol. The summed E-state index contributed by atoms with van der Waals surface area (Å²) in [6.45, 7) is 14.1. The molecule has 0 saturated heterocycles. The van der Waals surface area contributed by atoms with Crippen molar-refractivity contribution in [2.45, 2.75) is 47.0 Å². The van der Waals surface area contributed by atoms with Gasteiger partial charge in [0.2, 0.25) is 0 Å². The number of aryl methyl sites for hydroxylation is 1. The quantitative estimate of drug-likeness (QED) is 0.168. The fourth-order valence-corrected chi connectivity index (χ4v) is 8.49. The Balaban J connectivity index is 1.24. The minimum Gasteiger partial charge on any atom is -0.310 e. The van der Waals surface area contributed by atoms with Crippen LogP contribution in [0.4, 0.5) is 34.1 Å². The van der Waals surface area contributed by atoms with Crippen LogP contribution in [0.2, 0.25) is 0 Å². The SMILES string of the molecule is Cc1cc(N(c2ccccc2)c2ccccc2)ccc1-c1c(C)c(C)c2c(c1C)C(C)(C)c1cc(N(c3ccccc3)c3ccccc3)ccc1-2. The van der Waals surface area contributed by atoms with Gasteiger partial charge in [0, 0.05) is 39.5 Å². The van der Waals surface area contributed by atoms with Gasteiger partial charge in [0.15, 0.2) is 0 Å². The minimum atomic E-state index is -0.178. The topological polar surface area (TPSA) is 6.48 Å². The Morgan fingerprint density at radius 2 is 0.765 bits per heavy atom. The van der Waals surface area contributed by atoms with Crippen LogP contribution >= 0.6 is 0 Å². The molecule has 0 aliphatic heterocycles. The van der Waals surface area contributed by atoms with Gasteiger partial charge in [-0.25, -0.2) is 0 Å². The van der Waals surface area contributed by atoms with Gasteiger partial charge >= 0.3 is 0 Å². The summed E-state index contributed by atoms with van der Waals surface area (Å²) in [6, 6.07) is 56.8. The van der Waals surface area contributed by atoms with Crippen LogP contribution in [0.15, 0.2) is 158 Å². The summed E-state index contributed by atoms with van der Waals surface area (Å²) in [5.74, 6) is 0. The predicted molar refractivity (Wildman–Crippen MR) is 218 cm³/mol. The van der Waals surface area contributed by atoms with Crippen molar-refractivity contribution in [3.8, 4) is 22.3 Å². The molecule has 0 bridgehead atoms. The summed E-state index contributed by atoms with van der Waals surface area (Å²) in [4.78, 5) is 4.71. The second kappa shape index (κ2) is 12.8. The number of benzene rings is 7. The van der Waals surface area contributed by atoms with Crippen molar-refractivity contribution in [3.05, 3.63) is 191 Å². The van der Waals surface area contributed by atoms with Gasteiger partial charge < -0.3 is 9.80 Å². The van der Waals surface area contributed by atoms with Gasteiger partial charge in [-0.3, -0.25) is 0 Å². The standard InChI is InChI=1S/C49H44N2/c1-33-31-41(50(37-19-11-7-12-20-37)38-21-13-8-14-22-38)27-29-43(33)46-34(2)35(3)47-44-30-28-42(32-45(44)49(5,6)48(47)36(46)4)51(39-23-15-9-16-24-39)40-25-17-10-18-26-40/h7-32H,1-6H3. The smallest absolute Gasteiger partial charge is 0.0465 e. The Kier molecular flexibility index (Phi) is 8.11. The van der Waals surface area contributed by atoms with Crippen molar-refractivity contribution < 1.29 is 0 Å². The Hall–Kier alpha value is -5.86. The zero-order valence-corrected chi connectivity index (χ0v) is 30.4. The molecule has 51 heavy (non-hydrogen) atoms. The molecule has 8 rings (SSSR count). The number of fused-ring (bicyclic) bond motifs is 3. The second-order valence-electron chi connectivity index (χ2n) is 14.4. The van der Waals surface area contributed by atoms with Crippen LogP contribution in [0.5, 0.6) is 0 Å². The average Bonchev–Trinajstić information content (AvgIpc) is 3.40. The Morgan fingerprint density at radius 1 is 0.373 bits per heavy atom. The maximum absolute atomic E-state index is 2.44. The molecule has 0 fully saturated rings. The number of nitrogens with zero attached hydrogens (tertiary/aromatic N) is 2. The van der Waals surface area contributed by atoms with Gasteiger partial charge in [0.1, 0.15) is 0 Å². The lowest BCUT2D eigenvalue weighted by atomic mass is 9.76. The summed E-state index contributed by atoms with van der Waals surface area (Å²) in [5, 5.41) is 0. The van der Waals surface area contributed by atoms with E-state index < -0.39 is 0 Å². The summed E-state index contributed by atoms with van der Waals surface area (Å²) in [5.41, 5.74) is 20.3. The normalized spacial score (nSPS) is 12.7. The molecule has 7 aromatic rings. The van der Waals surface area contributed by atoms with Crippen molar-refractivity contribution in [3.63, 3.8) is 0 Å². The number of hydrogen-bond acceptors (Lipinski definition) is 2. The third kappa shape index (κ3) is 5.43. The molecule has 0 amide bonds. The molecule has 0 saturated carbocycles. The molecule has 250 valence electrons. The highest BCUT2D eigenvalue weighted by atomic mass is 15.1. The first-order valence-electron chi connectivity index (χ1n) is 18.0. The van der Waals surface area contributed by atoms with Gasteiger partial charge in [0.25, 0.3) is 0 Å². The zero-order chi connectivity index (χ0) is 35.3. The molecule has 0 radical (unpaired) electrons. The maximum Gasteiger partial charge on any atom is 0.0465 e. The highest BCUT2D eigenvalue weighted by Gasteiger charge is 2.40. The molecule has 2 heteroatoms. The van der Waals surface area contributed by atoms with E-state index in [1.165, 1.54) is 61.3 Å². The van der Waals surface area contributed by atoms with E-state index in [0.717, 1.165) is 28.4 Å². The maximum atomic E-state index is 2.44. The summed E-state index contributed by atoms with van der Waals surface area (Å²) in [6.07, 6.45) is 0. The van der Waals surface area contributed by atoms with Crippen LogP contribution in [0.25, 0.3) is 22.3 Å². The minimum absolute atomic E-state index is 0.178. The van der Waals surface area contributed by atoms with Gasteiger partial charge in [-0.15, -0.1) is 0 Å². The molecule has 0 spiro atoms. The van der Waals surface area contributed by atoms with Crippen molar-refractivity contribution >= 4 is 34.1 Å². The van der Waals surface area contributed by atoms with E-state index >= 15 is 0 Å². The number of anilines is 6. The molecule has 0 heterocycles. The molecular formula is C49H44N2. The van der Waals surface area contributed by atoms with Crippen molar-refractivity contribution in [1.29, 1.82) is 0 Å². The fraction of sp³-hybridized carbons (Fsp3) is 0.143. The molecule has 1 aliphatic carbocycles. The van der Waals surface area contributed by atoms with E-state index in [9.17, 15) is 0 Å². The molecule has 0 N–H and O–H groups in total. The third-order valence-corrected chi connectivity index (χ3v) is 10.9. The first-order valence-corrected chi connectivity index (χ1v) is 18.0. The highest BCUT2D eigenvalue weighted by Crippen LogP contribution is 2.55. The summed E-state index contributed by atoms with van der Waals surface area (Å²) < 4.78 is 0. The molecule has 0 atom stereocenters. The predicted octanol–water partition coefficient (Wildman–Crippen LogP) is 13.8. The van der Waals surface area contributed by atoms with E-state index in [1.54, 1.807) is 0 Å². The van der Waals surface area contributed by atoms with E-state index in [0.29, 0.717) is 0 Å². The summed E-state index contributed by atoms with van der Waals surface area (Å²) >= 11 is 0. The van der Waals surface area contributed by atoms with Crippen LogP contribution in [-0.4, -0.2) is 0 Å². The number of rotatable bonds is 7. The van der Waals surface area contributed by atoms with Gasteiger partial charge in [-0.05, 0) is 156 Å². The van der Waals surface area contributed by atoms with E-state index in [-0.39, 0.29) is 5.41 Å². The van der Waals surface area contributed by atoms with Crippen LogP contribution in [0, 0.1) is 27.7 Å². The molecule has 0 unspecified atom stereocenters. The Bertz CT molecular complexity index is 2280. The lowest BCUT2D eigenvalue weighted by Crippen LogP contribution is -2.18. The molecule has 2 nitrogen and oxygen atoms in total. The fourth-order valence-electron chi connectivity index (χ4n) is 8.49. The van der Waals surface area contributed by atoms with Gasteiger partial charge in [0.05, 0.1) is 0 Å². The van der Waals surface area contributed by atoms with E-state index in [1.807, 2.05) is 0 Å². The van der Waals surface area contributed by atoms with Crippen LogP contribution in [-0.2, 0) is 5.41 Å². The van der Waals surface area contributed by atoms with Gasteiger partial charge in [-0.1, -0.05) is 98.8 Å². The summed E-state index contributed by atoms with van der Waals surface area (Å²) in [7, 11) is 0. The third-order valence-electron chi connectivity index (χ3n) is 10.9. The highest BCUT2D eigenvalue weighted by molar-refractivity contribution is 5.93. The molecule has 7 aromatic carbocycles. The van der Waals surface area contributed by atoms with Crippen molar-refractivity contribution in [2.24, 2.45) is 0 Å². The van der Waals surface area contributed by atoms with E-state index in [2.05, 4.69) is 209 Å². The zero-order valence-electron chi connectivity index (χ0n) is 30.4. The van der Waals surface area contributed by atoms with E-state index in [4.69, 9.17) is 0 Å². The van der Waals surface area contributed by atoms with Crippen LogP contribution < -0.4 is 9.80 Å². The number of para-hydroxylation sites is 4. The largest absolute Gasteiger partial charge is 0.310 e. The molecule has 0 aromatic heterocycles. The van der Waals surface area contributed by atoms with Gasteiger partial charge in [-0.2, -0.15) is 0 Å². The first kappa shape index (κ1) is 32.4. The van der Waals surface area contributed by atoms with Crippen LogP contribution in [0.1, 0.15) is 47.2 Å². The molecule has 1 aliphatic rings.